The van der Waals surface area contributed by atoms with E-state index in [1.54, 1.807) is 7.11 Å². The molecular weight excluding hydrogens is 324 g/mol. The highest BCUT2D eigenvalue weighted by molar-refractivity contribution is 5.82. The van der Waals surface area contributed by atoms with Gasteiger partial charge in [-0.15, -0.1) is 0 Å². The second-order valence-electron chi connectivity index (χ2n) is 7.22. The Labute approximate surface area is 156 Å². The van der Waals surface area contributed by atoms with E-state index in [0.717, 1.165) is 30.7 Å². The molecule has 0 aromatic heterocycles. The number of carbonyl (C=O) groups is 1. The zero-order chi connectivity index (χ0) is 18.5. The molecule has 4 heteroatoms. The average molecular weight is 352 g/mol. The lowest BCUT2D eigenvalue weighted by molar-refractivity contribution is -0.120. The SMILES string of the molecule is COc1ccc(C(NC(=O)CN2CCCc3ccccc32)C(C)C)cc1. The summed E-state index contributed by atoms with van der Waals surface area (Å²) in [5.74, 6) is 1.20. The van der Waals surface area contributed by atoms with Gasteiger partial charge in [-0.1, -0.05) is 44.2 Å². The number of carbonyl (C=O) groups excluding carboxylic acids is 1. The van der Waals surface area contributed by atoms with E-state index in [9.17, 15) is 4.79 Å². The van der Waals surface area contributed by atoms with E-state index in [1.165, 1.54) is 11.3 Å². The Hall–Kier alpha value is -2.49. The van der Waals surface area contributed by atoms with Crippen molar-refractivity contribution in [2.75, 3.05) is 25.1 Å². The Morgan fingerprint density at radius 1 is 1.15 bits per heavy atom. The number of methoxy groups -OCH3 is 1. The molecule has 0 fully saturated rings. The topological polar surface area (TPSA) is 41.6 Å². The second kappa shape index (κ2) is 8.26. The highest BCUT2D eigenvalue weighted by Crippen LogP contribution is 2.27. The molecule has 1 aliphatic rings. The molecule has 1 unspecified atom stereocenters. The fraction of sp³-hybridized carbons (Fsp3) is 0.409. The minimum absolute atomic E-state index is 0.00607. The van der Waals surface area contributed by atoms with Crippen molar-refractivity contribution >= 4 is 11.6 Å². The number of nitrogens with zero attached hydrogens (tertiary/aromatic N) is 1. The van der Waals surface area contributed by atoms with Gasteiger partial charge in [-0.05, 0) is 48.1 Å². The van der Waals surface area contributed by atoms with Crippen LogP contribution in [0.5, 0.6) is 5.75 Å². The van der Waals surface area contributed by atoms with Crippen LogP contribution in [0.4, 0.5) is 5.69 Å². The van der Waals surface area contributed by atoms with Gasteiger partial charge in [0.15, 0.2) is 0 Å². The zero-order valence-electron chi connectivity index (χ0n) is 15.9. The first-order valence-corrected chi connectivity index (χ1v) is 9.34. The molecule has 1 atom stereocenters. The van der Waals surface area contributed by atoms with Crippen LogP contribution in [0, 0.1) is 5.92 Å². The minimum Gasteiger partial charge on any atom is -0.497 e. The van der Waals surface area contributed by atoms with E-state index in [0.29, 0.717) is 12.5 Å². The van der Waals surface area contributed by atoms with Crippen molar-refractivity contribution in [3.05, 3.63) is 59.7 Å². The van der Waals surface area contributed by atoms with Crippen molar-refractivity contribution in [1.29, 1.82) is 0 Å². The molecule has 2 aromatic carbocycles. The number of nitrogens with one attached hydrogen (secondary N) is 1. The maximum absolute atomic E-state index is 12.8. The minimum atomic E-state index is -0.00607. The highest BCUT2D eigenvalue weighted by atomic mass is 16.5. The van der Waals surface area contributed by atoms with Gasteiger partial charge in [-0.2, -0.15) is 0 Å². The molecule has 1 amide bonds. The smallest absolute Gasteiger partial charge is 0.240 e. The molecule has 0 saturated carbocycles. The predicted molar refractivity (Wildman–Crippen MR) is 106 cm³/mol. The third kappa shape index (κ3) is 4.18. The van der Waals surface area contributed by atoms with E-state index in [-0.39, 0.29) is 11.9 Å². The number of hydrogen-bond acceptors (Lipinski definition) is 3. The Morgan fingerprint density at radius 3 is 2.58 bits per heavy atom. The maximum Gasteiger partial charge on any atom is 0.240 e. The molecular formula is C22H28N2O2. The fourth-order valence-electron chi connectivity index (χ4n) is 3.61. The summed E-state index contributed by atoms with van der Waals surface area (Å²) in [5.41, 5.74) is 3.63. The van der Waals surface area contributed by atoms with Gasteiger partial charge in [0.1, 0.15) is 5.75 Å². The molecule has 1 heterocycles. The second-order valence-corrected chi connectivity index (χ2v) is 7.22. The van der Waals surface area contributed by atoms with Crippen LogP contribution in [-0.2, 0) is 11.2 Å². The number of ether oxygens (including phenoxy) is 1. The number of anilines is 1. The summed E-state index contributed by atoms with van der Waals surface area (Å²) in [4.78, 5) is 14.9. The van der Waals surface area contributed by atoms with Gasteiger partial charge < -0.3 is 15.0 Å². The van der Waals surface area contributed by atoms with Crippen LogP contribution in [0.25, 0.3) is 0 Å². The van der Waals surface area contributed by atoms with Crippen molar-refractivity contribution in [2.45, 2.75) is 32.7 Å². The molecule has 0 spiro atoms. The first-order chi connectivity index (χ1) is 12.6. The molecule has 2 aromatic rings. The van der Waals surface area contributed by atoms with Crippen molar-refractivity contribution in [3.63, 3.8) is 0 Å². The van der Waals surface area contributed by atoms with E-state index < -0.39 is 0 Å². The largest absolute Gasteiger partial charge is 0.497 e. The summed E-state index contributed by atoms with van der Waals surface area (Å²) in [7, 11) is 1.66. The maximum atomic E-state index is 12.8. The Balaban J connectivity index is 1.69. The lowest BCUT2D eigenvalue weighted by Gasteiger charge is -2.32. The number of benzene rings is 2. The summed E-state index contributed by atoms with van der Waals surface area (Å²) in [6, 6.07) is 16.3. The van der Waals surface area contributed by atoms with Crippen molar-refractivity contribution in [1.82, 2.24) is 5.32 Å². The standard InChI is InChI=1S/C22H28N2O2/c1-16(2)22(18-10-12-19(26-3)13-11-18)23-21(25)15-24-14-6-8-17-7-4-5-9-20(17)24/h4-5,7,9-13,16,22H,6,8,14-15H2,1-3H3,(H,23,25). The third-order valence-electron chi connectivity index (χ3n) is 5.00. The number of hydrogen-bond donors (Lipinski definition) is 1. The normalized spacial score (nSPS) is 14.7. The van der Waals surface area contributed by atoms with Gasteiger partial charge in [-0.3, -0.25) is 4.79 Å². The summed E-state index contributed by atoms with van der Waals surface area (Å²) < 4.78 is 5.23. The quantitative estimate of drug-likeness (QED) is 0.855. The fourth-order valence-corrected chi connectivity index (χ4v) is 3.61. The third-order valence-corrected chi connectivity index (χ3v) is 5.00. The summed E-state index contributed by atoms with van der Waals surface area (Å²) in [5, 5.41) is 3.23. The van der Waals surface area contributed by atoms with Gasteiger partial charge in [0, 0.05) is 12.2 Å². The van der Waals surface area contributed by atoms with Crippen LogP contribution < -0.4 is 15.0 Å². The molecule has 4 nitrogen and oxygen atoms in total. The van der Waals surface area contributed by atoms with Gasteiger partial charge in [0.2, 0.25) is 5.91 Å². The molecule has 0 radical (unpaired) electrons. The summed E-state index contributed by atoms with van der Waals surface area (Å²) in [6.07, 6.45) is 2.19. The van der Waals surface area contributed by atoms with Crippen molar-refractivity contribution in [3.8, 4) is 5.75 Å². The molecule has 0 aliphatic carbocycles. The number of rotatable bonds is 6. The molecule has 138 valence electrons. The van der Waals surface area contributed by atoms with Crippen LogP contribution in [0.15, 0.2) is 48.5 Å². The Kier molecular flexibility index (Phi) is 5.82. The number of aryl methyl sites for hydroxylation is 1. The highest BCUT2D eigenvalue weighted by Gasteiger charge is 2.22. The monoisotopic (exact) mass is 352 g/mol. The Bertz CT molecular complexity index is 740. The van der Waals surface area contributed by atoms with Crippen LogP contribution in [0.1, 0.15) is 37.4 Å². The van der Waals surface area contributed by atoms with Crippen molar-refractivity contribution in [2.24, 2.45) is 5.92 Å². The Morgan fingerprint density at radius 2 is 1.88 bits per heavy atom. The summed E-state index contributed by atoms with van der Waals surface area (Å²) in [6.45, 7) is 5.59. The van der Waals surface area contributed by atoms with Crippen LogP contribution in [0.3, 0.4) is 0 Å². The number of fused-ring (bicyclic) bond motifs is 1. The van der Waals surface area contributed by atoms with Crippen LogP contribution in [0.2, 0.25) is 0 Å². The first-order valence-electron chi connectivity index (χ1n) is 9.34. The van der Waals surface area contributed by atoms with E-state index >= 15 is 0 Å². The van der Waals surface area contributed by atoms with Gasteiger partial charge in [0.05, 0.1) is 19.7 Å². The van der Waals surface area contributed by atoms with E-state index in [4.69, 9.17) is 4.74 Å². The molecule has 0 bridgehead atoms. The molecule has 1 N–H and O–H groups in total. The van der Waals surface area contributed by atoms with Crippen LogP contribution in [-0.4, -0.2) is 26.1 Å². The lowest BCUT2D eigenvalue weighted by Crippen LogP contribution is -2.42. The number of amides is 1. The lowest BCUT2D eigenvalue weighted by atomic mass is 9.96. The van der Waals surface area contributed by atoms with E-state index in [2.05, 4.69) is 42.3 Å². The number of para-hydroxylation sites is 1. The molecule has 26 heavy (non-hydrogen) atoms. The average Bonchev–Trinajstić information content (AvgIpc) is 2.66. The molecule has 3 rings (SSSR count). The zero-order valence-corrected chi connectivity index (χ0v) is 15.9. The van der Waals surface area contributed by atoms with Crippen LogP contribution >= 0.6 is 0 Å². The van der Waals surface area contributed by atoms with Crippen molar-refractivity contribution < 1.29 is 9.53 Å². The van der Waals surface area contributed by atoms with Gasteiger partial charge in [0.25, 0.3) is 0 Å². The molecule has 0 saturated heterocycles. The van der Waals surface area contributed by atoms with Gasteiger partial charge in [-0.25, -0.2) is 0 Å². The predicted octanol–water partition coefficient (Wildman–Crippen LogP) is 3.96. The van der Waals surface area contributed by atoms with Gasteiger partial charge >= 0.3 is 0 Å². The van der Waals surface area contributed by atoms with E-state index in [1.807, 2.05) is 30.3 Å². The summed E-state index contributed by atoms with van der Waals surface area (Å²) >= 11 is 0. The first kappa shape index (κ1) is 18.3. The molecule has 1 aliphatic heterocycles.